The summed E-state index contributed by atoms with van der Waals surface area (Å²) in [5, 5.41) is 5.62. The van der Waals surface area contributed by atoms with E-state index in [0.717, 1.165) is 30.6 Å². The van der Waals surface area contributed by atoms with E-state index in [-0.39, 0.29) is 12.6 Å². The van der Waals surface area contributed by atoms with Crippen molar-refractivity contribution in [1.29, 1.82) is 0 Å². The second kappa shape index (κ2) is 10.7. The van der Waals surface area contributed by atoms with Gasteiger partial charge in [0.1, 0.15) is 47.5 Å². The van der Waals surface area contributed by atoms with E-state index in [1.165, 1.54) is 18.5 Å². The number of anilines is 1. The van der Waals surface area contributed by atoms with E-state index < -0.39 is 5.82 Å². The van der Waals surface area contributed by atoms with E-state index in [1.807, 2.05) is 28.3 Å². The van der Waals surface area contributed by atoms with Crippen LogP contribution in [0.3, 0.4) is 0 Å². The maximum absolute atomic E-state index is 14.3. The molecule has 1 aliphatic heterocycles. The summed E-state index contributed by atoms with van der Waals surface area (Å²) < 4.78 is 35.5. The normalized spacial score (nSPS) is 14.1. The maximum atomic E-state index is 14.3. The largest absolute Gasteiger partial charge is 0.487 e. The molecule has 1 fully saturated rings. The zero-order valence-corrected chi connectivity index (χ0v) is 21.5. The first-order chi connectivity index (χ1) is 19.1. The van der Waals surface area contributed by atoms with Gasteiger partial charge in [0.2, 0.25) is 0 Å². The number of halogens is 1. The molecular weight excluding hydrogens is 501 g/mol. The number of hydrogen-bond donors (Lipinski definition) is 1. The van der Waals surface area contributed by atoms with Crippen molar-refractivity contribution in [3.63, 3.8) is 0 Å². The highest BCUT2D eigenvalue weighted by molar-refractivity contribution is 5.98. The van der Waals surface area contributed by atoms with Crippen LogP contribution in [-0.2, 0) is 17.9 Å². The fraction of sp³-hybridized carbons (Fsp3) is 0.286. The van der Waals surface area contributed by atoms with Crippen molar-refractivity contribution in [1.82, 2.24) is 29.3 Å². The van der Waals surface area contributed by atoms with Gasteiger partial charge in [0.25, 0.3) is 0 Å². The Morgan fingerprint density at radius 3 is 2.64 bits per heavy atom. The van der Waals surface area contributed by atoms with E-state index in [4.69, 9.17) is 25.0 Å². The summed E-state index contributed by atoms with van der Waals surface area (Å²) in [5.41, 5.74) is 9.42. The molecule has 1 aliphatic rings. The third-order valence-corrected chi connectivity index (χ3v) is 6.79. The van der Waals surface area contributed by atoms with E-state index in [2.05, 4.69) is 15.0 Å². The van der Waals surface area contributed by atoms with Gasteiger partial charge in [0.15, 0.2) is 5.65 Å². The number of hydrogen-bond acceptors (Lipinski definition) is 8. The van der Waals surface area contributed by atoms with E-state index in [1.54, 1.807) is 30.7 Å². The summed E-state index contributed by atoms with van der Waals surface area (Å²) in [6.07, 6.45) is 6.65. The average molecular weight is 530 g/mol. The van der Waals surface area contributed by atoms with Gasteiger partial charge in [-0.1, -0.05) is 0 Å². The SMILES string of the molecule is CCn1cncc1COc1cc(F)cc(Oc2ccc(-c3nn(C4CCOCC4)c4ncnc(N)c34)cc2)c1. The zero-order valence-electron chi connectivity index (χ0n) is 21.5. The second-order valence-corrected chi connectivity index (χ2v) is 9.30. The average Bonchev–Trinajstić information content (AvgIpc) is 3.58. The molecule has 11 heteroatoms. The third-order valence-electron chi connectivity index (χ3n) is 6.79. The molecule has 2 aromatic carbocycles. The number of nitrogens with zero attached hydrogens (tertiary/aromatic N) is 6. The standard InChI is InChI=1S/C28H28FN7O3/c1-2-35-17-31-14-21(35)15-38-23-11-19(29)12-24(13-23)39-22-5-3-18(4-6-22)26-25-27(30)32-16-33-28(25)36(34-26)20-7-9-37-10-8-20/h3-6,11-14,16-17,20H,2,7-10,15H2,1H3,(H2,30,32,33). The molecule has 5 aromatic rings. The van der Waals surface area contributed by atoms with Crippen molar-refractivity contribution in [2.75, 3.05) is 18.9 Å². The molecule has 0 bridgehead atoms. The topological polar surface area (TPSA) is 115 Å². The lowest BCUT2D eigenvalue weighted by molar-refractivity contribution is 0.0674. The van der Waals surface area contributed by atoms with Gasteiger partial charge >= 0.3 is 0 Å². The van der Waals surface area contributed by atoms with Gasteiger partial charge in [-0.05, 0) is 44.0 Å². The van der Waals surface area contributed by atoms with Crippen LogP contribution in [0.2, 0.25) is 0 Å². The van der Waals surface area contributed by atoms with Crippen LogP contribution in [0.25, 0.3) is 22.3 Å². The van der Waals surface area contributed by atoms with Crippen molar-refractivity contribution in [3.05, 3.63) is 72.8 Å². The van der Waals surface area contributed by atoms with Crippen molar-refractivity contribution in [2.45, 2.75) is 39.0 Å². The van der Waals surface area contributed by atoms with Crippen LogP contribution in [0.4, 0.5) is 10.2 Å². The number of aromatic nitrogens is 6. The lowest BCUT2D eigenvalue weighted by Gasteiger charge is -2.22. The van der Waals surface area contributed by atoms with E-state index >= 15 is 0 Å². The molecule has 4 heterocycles. The van der Waals surface area contributed by atoms with Gasteiger partial charge < -0.3 is 24.5 Å². The molecule has 6 rings (SSSR count). The molecule has 0 saturated carbocycles. The Morgan fingerprint density at radius 2 is 1.85 bits per heavy atom. The molecule has 0 radical (unpaired) electrons. The molecule has 0 amide bonds. The second-order valence-electron chi connectivity index (χ2n) is 9.30. The van der Waals surface area contributed by atoms with Crippen LogP contribution in [0.15, 0.2) is 61.3 Å². The summed E-state index contributed by atoms with van der Waals surface area (Å²) in [4.78, 5) is 12.8. The van der Waals surface area contributed by atoms with Crippen LogP contribution in [0.1, 0.15) is 31.5 Å². The quantitative estimate of drug-likeness (QED) is 0.293. The fourth-order valence-electron chi connectivity index (χ4n) is 4.79. The lowest BCUT2D eigenvalue weighted by Crippen LogP contribution is -2.20. The van der Waals surface area contributed by atoms with Crippen LogP contribution < -0.4 is 15.2 Å². The highest BCUT2D eigenvalue weighted by Crippen LogP contribution is 2.35. The molecule has 2 N–H and O–H groups in total. The molecule has 0 spiro atoms. The first-order valence-electron chi connectivity index (χ1n) is 12.9. The zero-order chi connectivity index (χ0) is 26.8. The van der Waals surface area contributed by atoms with Crippen molar-refractivity contribution in [3.8, 4) is 28.5 Å². The molecule has 39 heavy (non-hydrogen) atoms. The van der Waals surface area contributed by atoms with E-state index in [9.17, 15) is 4.39 Å². The predicted octanol–water partition coefficient (Wildman–Crippen LogP) is 5.15. The summed E-state index contributed by atoms with van der Waals surface area (Å²) >= 11 is 0. The number of ether oxygens (including phenoxy) is 3. The van der Waals surface area contributed by atoms with Crippen molar-refractivity contribution < 1.29 is 18.6 Å². The highest BCUT2D eigenvalue weighted by atomic mass is 19.1. The molecule has 0 aliphatic carbocycles. The van der Waals surface area contributed by atoms with Crippen LogP contribution >= 0.6 is 0 Å². The van der Waals surface area contributed by atoms with Crippen molar-refractivity contribution in [2.24, 2.45) is 0 Å². The van der Waals surface area contributed by atoms with Gasteiger partial charge in [0.05, 0.1) is 29.6 Å². The summed E-state index contributed by atoms with van der Waals surface area (Å²) in [7, 11) is 0. The Balaban J connectivity index is 1.23. The summed E-state index contributed by atoms with van der Waals surface area (Å²) in [5.74, 6) is 1.16. The van der Waals surface area contributed by atoms with E-state index in [0.29, 0.717) is 53.0 Å². The van der Waals surface area contributed by atoms with Gasteiger partial charge in [0, 0.05) is 43.5 Å². The lowest BCUT2D eigenvalue weighted by atomic mass is 10.1. The molecule has 0 atom stereocenters. The number of fused-ring (bicyclic) bond motifs is 1. The number of rotatable bonds is 8. The smallest absolute Gasteiger partial charge is 0.164 e. The number of benzene rings is 2. The minimum atomic E-state index is -0.455. The number of nitrogen functional groups attached to an aromatic ring is 1. The first kappa shape index (κ1) is 24.8. The van der Waals surface area contributed by atoms with Crippen LogP contribution in [0.5, 0.6) is 17.2 Å². The Hall–Kier alpha value is -4.51. The summed E-state index contributed by atoms with van der Waals surface area (Å²) in [6, 6.07) is 11.9. The van der Waals surface area contributed by atoms with Crippen LogP contribution in [0, 0.1) is 5.82 Å². The number of imidazole rings is 1. The van der Waals surface area contributed by atoms with Crippen molar-refractivity contribution >= 4 is 16.9 Å². The number of nitrogens with two attached hydrogens (primary N) is 1. The Labute approximate surface area is 224 Å². The van der Waals surface area contributed by atoms with Crippen LogP contribution in [-0.4, -0.2) is 42.5 Å². The van der Waals surface area contributed by atoms with Gasteiger partial charge in [-0.3, -0.25) is 0 Å². The minimum absolute atomic E-state index is 0.179. The fourth-order valence-corrected chi connectivity index (χ4v) is 4.79. The highest BCUT2D eigenvalue weighted by Gasteiger charge is 2.24. The minimum Gasteiger partial charge on any atom is -0.487 e. The molecule has 200 valence electrons. The van der Waals surface area contributed by atoms with Gasteiger partial charge in [-0.2, -0.15) is 5.10 Å². The molecule has 10 nitrogen and oxygen atoms in total. The molecular formula is C28H28FN7O3. The van der Waals surface area contributed by atoms with Gasteiger partial charge in [-0.15, -0.1) is 0 Å². The predicted molar refractivity (Wildman–Crippen MR) is 143 cm³/mol. The number of aryl methyl sites for hydroxylation is 1. The monoisotopic (exact) mass is 529 g/mol. The summed E-state index contributed by atoms with van der Waals surface area (Å²) in [6.45, 7) is 4.44. The molecule has 1 saturated heterocycles. The Morgan fingerprint density at radius 1 is 1.05 bits per heavy atom. The Bertz CT molecular complexity index is 1590. The third kappa shape index (κ3) is 5.13. The molecule has 0 unspecified atom stereocenters. The maximum Gasteiger partial charge on any atom is 0.164 e. The Kier molecular flexibility index (Phi) is 6.80. The molecule has 3 aromatic heterocycles. The first-order valence-corrected chi connectivity index (χ1v) is 12.9. The van der Waals surface area contributed by atoms with Gasteiger partial charge in [-0.25, -0.2) is 24.0 Å².